The molecule has 6 nitrogen and oxygen atoms in total. The lowest BCUT2D eigenvalue weighted by molar-refractivity contribution is 0.0682. The third-order valence-corrected chi connectivity index (χ3v) is 4.71. The maximum Gasteiger partial charge on any atom is 0.354 e. The summed E-state index contributed by atoms with van der Waals surface area (Å²) in [6.07, 6.45) is 0. The Morgan fingerprint density at radius 2 is 1.53 bits per heavy atom. The second-order valence-electron chi connectivity index (χ2n) is 6.66. The number of hydrogen-bond donors (Lipinski definition) is 2. The van der Waals surface area contributed by atoms with E-state index in [4.69, 9.17) is 4.74 Å². The Bertz CT molecular complexity index is 1250. The minimum atomic E-state index is -1.12. The van der Waals surface area contributed by atoms with Gasteiger partial charge in [0.25, 0.3) is 0 Å². The summed E-state index contributed by atoms with van der Waals surface area (Å²) in [5.74, 6) is -1.65. The highest BCUT2D eigenvalue weighted by molar-refractivity contribution is 5.96. The normalized spacial score (nSPS) is 10.7. The summed E-state index contributed by atoms with van der Waals surface area (Å²) in [6, 6.07) is 22.8. The summed E-state index contributed by atoms with van der Waals surface area (Å²) in [4.78, 5) is 26.9. The second-order valence-corrected chi connectivity index (χ2v) is 6.66. The Labute approximate surface area is 172 Å². The number of ether oxygens (including phenoxy) is 1. The molecule has 30 heavy (non-hydrogen) atoms. The van der Waals surface area contributed by atoms with Crippen molar-refractivity contribution < 1.29 is 24.5 Å². The van der Waals surface area contributed by atoms with Crippen LogP contribution in [0, 0.1) is 0 Å². The summed E-state index contributed by atoms with van der Waals surface area (Å²) >= 11 is 0. The van der Waals surface area contributed by atoms with Crippen molar-refractivity contribution in [2.24, 2.45) is 0 Å². The van der Waals surface area contributed by atoms with Gasteiger partial charge in [-0.15, -0.1) is 0 Å². The predicted molar refractivity (Wildman–Crippen MR) is 112 cm³/mol. The van der Waals surface area contributed by atoms with Crippen LogP contribution < -0.4 is 4.74 Å². The van der Waals surface area contributed by atoms with E-state index in [0.29, 0.717) is 16.8 Å². The van der Waals surface area contributed by atoms with E-state index in [9.17, 15) is 19.8 Å². The van der Waals surface area contributed by atoms with E-state index >= 15 is 0 Å². The number of hydrogen-bond acceptors (Lipinski definition) is 4. The first-order valence-electron chi connectivity index (χ1n) is 9.20. The standard InChI is InChI=1S/C24H17NO5/c26-23(27)18-6-2-1-5-17(18)16-11-9-15(10-12-16)14-30-22-13-21(24(28)29)25-20-8-4-3-7-19(20)22/h1-13H,14H2,(H,26,27)(H,28,29). The number of carboxylic acid groups (broad SMARTS) is 2. The van der Waals surface area contributed by atoms with Gasteiger partial charge in [-0.1, -0.05) is 54.6 Å². The fourth-order valence-corrected chi connectivity index (χ4v) is 3.24. The van der Waals surface area contributed by atoms with Gasteiger partial charge in [-0.2, -0.15) is 0 Å². The van der Waals surface area contributed by atoms with Gasteiger partial charge in [0.05, 0.1) is 11.1 Å². The minimum absolute atomic E-state index is 0.0793. The molecule has 0 aliphatic carbocycles. The lowest BCUT2D eigenvalue weighted by atomic mass is 9.99. The molecule has 1 aromatic heterocycles. The van der Waals surface area contributed by atoms with Crippen LogP contribution >= 0.6 is 0 Å². The van der Waals surface area contributed by atoms with Crippen LogP contribution in [0.3, 0.4) is 0 Å². The average molecular weight is 399 g/mol. The van der Waals surface area contributed by atoms with Crippen molar-refractivity contribution in [3.8, 4) is 16.9 Å². The summed E-state index contributed by atoms with van der Waals surface area (Å²) in [6.45, 7) is 0.230. The van der Waals surface area contributed by atoms with Gasteiger partial charge in [0, 0.05) is 11.5 Å². The fraction of sp³-hybridized carbons (Fsp3) is 0.0417. The molecule has 148 valence electrons. The van der Waals surface area contributed by atoms with Crippen molar-refractivity contribution in [1.82, 2.24) is 4.98 Å². The van der Waals surface area contributed by atoms with Gasteiger partial charge in [-0.05, 0) is 34.9 Å². The molecule has 4 rings (SSSR count). The summed E-state index contributed by atoms with van der Waals surface area (Å²) in [7, 11) is 0. The first kappa shape index (κ1) is 19.1. The third-order valence-electron chi connectivity index (χ3n) is 4.71. The number of rotatable bonds is 6. The fourth-order valence-electron chi connectivity index (χ4n) is 3.24. The maximum absolute atomic E-state index is 11.4. The van der Waals surface area contributed by atoms with E-state index in [1.54, 1.807) is 36.4 Å². The first-order valence-corrected chi connectivity index (χ1v) is 9.20. The van der Waals surface area contributed by atoms with Crippen LogP contribution in [-0.4, -0.2) is 27.1 Å². The summed E-state index contributed by atoms with van der Waals surface area (Å²) < 4.78 is 5.91. The Kier molecular flexibility index (Phi) is 5.13. The zero-order valence-corrected chi connectivity index (χ0v) is 15.8. The highest BCUT2D eigenvalue weighted by Gasteiger charge is 2.13. The molecule has 0 saturated carbocycles. The van der Waals surface area contributed by atoms with Crippen molar-refractivity contribution in [2.45, 2.75) is 6.61 Å². The molecule has 0 saturated heterocycles. The summed E-state index contributed by atoms with van der Waals surface area (Å²) in [5, 5.41) is 19.4. The third kappa shape index (κ3) is 3.84. The molecule has 0 amide bonds. The van der Waals surface area contributed by atoms with Gasteiger partial charge < -0.3 is 14.9 Å². The van der Waals surface area contributed by atoms with Gasteiger partial charge in [-0.3, -0.25) is 0 Å². The molecule has 0 unspecified atom stereocenters. The lowest BCUT2D eigenvalue weighted by Gasteiger charge is -2.11. The zero-order valence-electron chi connectivity index (χ0n) is 15.8. The van der Waals surface area contributed by atoms with Gasteiger partial charge in [0.1, 0.15) is 12.4 Å². The molecule has 6 heteroatoms. The topological polar surface area (TPSA) is 96.7 Å². The van der Waals surface area contributed by atoms with Crippen molar-refractivity contribution in [1.29, 1.82) is 0 Å². The van der Waals surface area contributed by atoms with E-state index in [-0.39, 0.29) is 17.9 Å². The number of aromatic nitrogens is 1. The molecule has 4 aromatic rings. The van der Waals surface area contributed by atoms with Crippen LogP contribution in [0.5, 0.6) is 5.75 Å². The molecule has 3 aromatic carbocycles. The Hall–Kier alpha value is -4.19. The van der Waals surface area contributed by atoms with E-state index in [1.165, 1.54) is 6.07 Å². The van der Waals surface area contributed by atoms with Gasteiger partial charge in [0.15, 0.2) is 5.69 Å². The van der Waals surface area contributed by atoms with E-state index in [2.05, 4.69) is 4.98 Å². The number of para-hydroxylation sites is 1. The minimum Gasteiger partial charge on any atom is -0.488 e. The quantitative estimate of drug-likeness (QED) is 0.480. The molecule has 0 radical (unpaired) electrons. The van der Waals surface area contributed by atoms with Crippen molar-refractivity contribution in [3.05, 3.63) is 95.7 Å². The number of aromatic carboxylic acids is 2. The van der Waals surface area contributed by atoms with Gasteiger partial charge >= 0.3 is 11.9 Å². The molecule has 0 fully saturated rings. The number of carbonyl (C=O) groups is 2. The monoisotopic (exact) mass is 399 g/mol. The molecule has 0 aliphatic rings. The predicted octanol–water partition coefficient (Wildman–Crippen LogP) is 4.88. The molecule has 2 N–H and O–H groups in total. The van der Waals surface area contributed by atoms with Gasteiger partial charge in [-0.25, -0.2) is 14.6 Å². The molecular weight excluding hydrogens is 382 g/mol. The van der Waals surface area contributed by atoms with Gasteiger partial charge in [0.2, 0.25) is 0 Å². The highest BCUT2D eigenvalue weighted by atomic mass is 16.5. The average Bonchev–Trinajstić information content (AvgIpc) is 2.77. The van der Waals surface area contributed by atoms with Crippen LogP contribution in [-0.2, 0) is 6.61 Å². The largest absolute Gasteiger partial charge is 0.488 e. The van der Waals surface area contributed by atoms with Crippen LogP contribution in [0.1, 0.15) is 26.4 Å². The Morgan fingerprint density at radius 1 is 0.833 bits per heavy atom. The highest BCUT2D eigenvalue weighted by Crippen LogP contribution is 2.27. The maximum atomic E-state index is 11.4. The van der Waals surface area contributed by atoms with E-state index in [1.807, 2.05) is 36.4 Å². The first-order chi connectivity index (χ1) is 14.5. The Morgan fingerprint density at radius 3 is 2.27 bits per heavy atom. The number of carboxylic acids is 2. The lowest BCUT2D eigenvalue weighted by Crippen LogP contribution is -2.03. The molecule has 1 heterocycles. The number of benzene rings is 3. The van der Waals surface area contributed by atoms with Crippen LogP contribution in [0.25, 0.3) is 22.0 Å². The number of nitrogens with zero attached hydrogens (tertiary/aromatic N) is 1. The van der Waals surface area contributed by atoms with E-state index < -0.39 is 11.9 Å². The van der Waals surface area contributed by atoms with Crippen molar-refractivity contribution in [2.75, 3.05) is 0 Å². The smallest absolute Gasteiger partial charge is 0.354 e. The Balaban J connectivity index is 1.59. The second kappa shape index (κ2) is 8.05. The van der Waals surface area contributed by atoms with E-state index in [0.717, 1.165) is 16.5 Å². The van der Waals surface area contributed by atoms with Crippen molar-refractivity contribution in [3.63, 3.8) is 0 Å². The van der Waals surface area contributed by atoms with Crippen LogP contribution in [0.15, 0.2) is 78.9 Å². The number of fused-ring (bicyclic) bond motifs is 1. The van der Waals surface area contributed by atoms with Crippen LogP contribution in [0.4, 0.5) is 0 Å². The molecule has 0 atom stereocenters. The molecule has 0 spiro atoms. The molecular formula is C24H17NO5. The number of pyridine rings is 1. The van der Waals surface area contributed by atoms with Crippen LogP contribution in [0.2, 0.25) is 0 Å². The molecule has 0 aliphatic heterocycles. The molecule has 0 bridgehead atoms. The SMILES string of the molecule is O=C(O)c1cc(OCc2ccc(-c3ccccc3C(=O)O)cc2)c2ccccc2n1. The summed E-state index contributed by atoms with van der Waals surface area (Å²) in [5.41, 5.74) is 3.01. The zero-order chi connectivity index (χ0) is 21.1. The van der Waals surface area contributed by atoms with Crippen molar-refractivity contribution >= 4 is 22.8 Å².